The van der Waals surface area contributed by atoms with Crippen molar-refractivity contribution in [1.82, 2.24) is 9.55 Å². The van der Waals surface area contributed by atoms with E-state index in [4.69, 9.17) is 4.74 Å². The van der Waals surface area contributed by atoms with E-state index in [0.717, 1.165) is 10.6 Å². The number of rotatable bonds is 1. The third-order valence-electron chi connectivity index (χ3n) is 2.66. The Morgan fingerprint density at radius 3 is 2.75 bits per heavy atom. The van der Waals surface area contributed by atoms with Gasteiger partial charge in [0.2, 0.25) is 6.23 Å². The monoisotopic (exact) mass is 226 g/mol. The molecule has 86 valence electrons. The lowest BCUT2D eigenvalue weighted by molar-refractivity contribution is 0.0427. The molecule has 1 aliphatic heterocycles. The van der Waals surface area contributed by atoms with Crippen molar-refractivity contribution in [3.63, 3.8) is 0 Å². The highest BCUT2D eigenvalue weighted by Crippen LogP contribution is 2.36. The summed E-state index contributed by atoms with van der Waals surface area (Å²) in [6.45, 7) is 5.19. The number of ether oxygens (including phenoxy) is 1. The first-order valence-electron chi connectivity index (χ1n) is 4.81. The Morgan fingerprint density at radius 2 is 2.25 bits per heavy atom. The number of hydrogen-bond donors (Lipinski definition) is 1. The lowest BCUT2D eigenvalue weighted by Crippen LogP contribution is -2.34. The van der Waals surface area contributed by atoms with Gasteiger partial charge < -0.3 is 4.74 Å². The maximum Gasteiger partial charge on any atom is 0.331 e. The molecule has 0 radical (unpaired) electrons. The summed E-state index contributed by atoms with van der Waals surface area (Å²) in [4.78, 5) is 24.3. The highest BCUT2D eigenvalue weighted by atomic mass is 19.1. The SMILES string of the molecule is C=C1O[C@@H](n2ccc(=O)[nH]c2=O)[C@H](F)[C@@H]1C. The molecule has 3 atom stereocenters. The van der Waals surface area contributed by atoms with Crippen molar-refractivity contribution in [2.24, 2.45) is 5.92 Å². The van der Waals surface area contributed by atoms with Crippen LogP contribution in [-0.4, -0.2) is 15.7 Å². The number of allylic oxidation sites excluding steroid dienone is 1. The minimum atomic E-state index is -1.35. The van der Waals surface area contributed by atoms with Gasteiger partial charge in [0.1, 0.15) is 0 Å². The smallest absolute Gasteiger partial charge is 0.331 e. The van der Waals surface area contributed by atoms with Gasteiger partial charge in [-0.15, -0.1) is 0 Å². The summed E-state index contributed by atoms with van der Waals surface area (Å²) >= 11 is 0. The Kier molecular flexibility index (Phi) is 2.41. The van der Waals surface area contributed by atoms with E-state index in [2.05, 4.69) is 6.58 Å². The predicted octanol–water partition coefficient (Wildman–Crippen LogP) is 0.553. The van der Waals surface area contributed by atoms with Gasteiger partial charge in [-0.1, -0.05) is 13.5 Å². The summed E-state index contributed by atoms with van der Waals surface area (Å²) in [5.41, 5.74) is -1.22. The van der Waals surface area contributed by atoms with E-state index in [0.29, 0.717) is 5.76 Å². The van der Waals surface area contributed by atoms with Crippen LogP contribution < -0.4 is 11.2 Å². The van der Waals surface area contributed by atoms with Crippen molar-refractivity contribution in [3.05, 3.63) is 45.4 Å². The number of aromatic amines is 1. The second-order valence-electron chi connectivity index (χ2n) is 3.73. The molecule has 2 heterocycles. The van der Waals surface area contributed by atoms with Gasteiger partial charge in [0, 0.05) is 12.3 Å². The van der Waals surface area contributed by atoms with Crippen molar-refractivity contribution in [2.75, 3.05) is 0 Å². The van der Waals surface area contributed by atoms with E-state index >= 15 is 0 Å². The van der Waals surface area contributed by atoms with Gasteiger partial charge >= 0.3 is 5.69 Å². The quantitative estimate of drug-likeness (QED) is 0.760. The number of nitrogens with one attached hydrogen (secondary N) is 1. The average molecular weight is 226 g/mol. The van der Waals surface area contributed by atoms with Crippen LogP contribution >= 0.6 is 0 Å². The van der Waals surface area contributed by atoms with Gasteiger partial charge in [0.05, 0.1) is 11.7 Å². The van der Waals surface area contributed by atoms with Crippen LogP contribution in [0.2, 0.25) is 0 Å². The highest BCUT2D eigenvalue weighted by Gasteiger charge is 2.40. The Morgan fingerprint density at radius 1 is 1.56 bits per heavy atom. The zero-order valence-corrected chi connectivity index (χ0v) is 8.64. The summed E-state index contributed by atoms with van der Waals surface area (Å²) < 4.78 is 19.9. The van der Waals surface area contributed by atoms with E-state index in [1.54, 1.807) is 6.92 Å². The first-order valence-corrected chi connectivity index (χ1v) is 4.81. The molecule has 0 spiro atoms. The molecule has 1 aliphatic rings. The Labute approximate surface area is 90.2 Å². The number of alkyl halides is 1. The molecule has 1 aromatic rings. The number of H-pyrrole nitrogens is 1. The molecule has 6 heteroatoms. The van der Waals surface area contributed by atoms with Gasteiger partial charge in [-0.25, -0.2) is 9.18 Å². The molecule has 1 saturated heterocycles. The summed E-state index contributed by atoms with van der Waals surface area (Å²) in [5.74, 6) is -0.167. The van der Waals surface area contributed by atoms with E-state index in [-0.39, 0.29) is 0 Å². The Hall–Kier alpha value is -1.85. The van der Waals surface area contributed by atoms with Crippen LogP contribution in [0.5, 0.6) is 0 Å². The molecule has 1 fully saturated rings. The van der Waals surface area contributed by atoms with Crippen LogP contribution in [0, 0.1) is 5.92 Å². The second-order valence-corrected chi connectivity index (χ2v) is 3.73. The van der Waals surface area contributed by atoms with E-state index < -0.39 is 29.6 Å². The van der Waals surface area contributed by atoms with Crippen LogP contribution in [0.3, 0.4) is 0 Å². The Bertz CT molecular complexity index is 533. The minimum Gasteiger partial charge on any atom is -0.471 e. The van der Waals surface area contributed by atoms with Crippen molar-refractivity contribution in [1.29, 1.82) is 0 Å². The molecule has 0 bridgehead atoms. The first kappa shape index (κ1) is 10.7. The first-order chi connectivity index (χ1) is 7.50. The van der Waals surface area contributed by atoms with Gasteiger partial charge in [-0.2, -0.15) is 0 Å². The molecule has 1 aromatic heterocycles. The van der Waals surface area contributed by atoms with Gasteiger partial charge in [-0.3, -0.25) is 14.3 Å². The maximum absolute atomic E-state index is 13.8. The van der Waals surface area contributed by atoms with E-state index in [1.165, 1.54) is 6.20 Å². The molecule has 0 aromatic carbocycles. The fourth-order valence-corrected chi connectivity index (χ4v) is 1.59. The van der Waals surface area contributed by atoms with Gasteiger partial charge in [-0.05, 0) is 0 Å². The van der Waals surface area contributed by atoms with Crippen LogP contribution in [0.15, 0.2) is 34.2 Å². The molecule has 16 heavy (non-hydrogen) atoms. The summed E-state index contributed by atoms with van der Waals surface area (Å²) in [6.07, 6.45) is -1.19. The van der Waals surface area contributed by atoms with Gasteiger partial charge in [0.15, 0.2) is 6.17 Å². The average Bonchev–Trinajstić information content (AvgIpc) is 2.46. The van der Waals surface area contributed by atoms with Crippen molar-refractivity contribution in [3.8, 4) is 0 Å². The standard InChI is InChI=1S/C10H11FN2O3/c1-5-6(2)16-9(8(5)11)13-4-3-7(14)12-10(13)15/h3-5,8-9H,2H2,1H3,(H,12,14,15)/t5-,8-,9-/m1/s1. The predicted molar refractivity (Wildman–Crippen MR) is 54.6 cm³/mol. The minimum absolute atomic E-state index is 0.301. The molecule has 1 N–H and O–H groups in total. The molecule has 5 nitrogen and oxygen atoms in total. The van der Waals surface area contributed by atoms with Crippen LogP contribution in [0.25, 0.3) is 0 Å². The Balaban J connectivity index is 2.43. The van der Waals surface area contributed by atoms with Crippen LogP contribution in [-0.2, 0) is 4.74 Å². The third kappa shape index (κ3) is 1.56. The zero-order valence-electron chi connectivity index (χ0n) is 8.64. The topological polar surface area (TPSA) is 64.1 Å². The van der Waals surface area contributed by atoms with Crippen LogP contribution in [0.4, 0.5) is 4.39 Å². The van der Waals surface area contributed by atoms with Crippen molar-refractivity contribution < 1.29 is 9.13 Å². The molecule has 0 saturated carbocycles. The number of aromatic nitrogens is 2. The van der Waals surface area contributed by atoms with E-state index in [9.17, 15) is 14.0 Å². The lowest BCUT2D eigenvalue weighted by atomic mass is 10.1. The summed E-state index contributed by atoms with van der Waals surface area (Å²) in [5, 5.41) is 0. The molecular formula is C10H11FN2O3. The number of nitrogens with zero attached hydrogens (tertiary/aromatic N) is 1. The fraction of sp³-hybridized carbons (Fsp3) is 0.400. The maximum atomic E-state index is 13.8. The fourth-order valence-electron chi connectivity index (χ4n) is 1.59. The second kappa shape index (κ2) is 3.62. The molecular weight excluding hydrogens is 215 g/mol. The molecule has 0 unspecified atom stereocenters. The molecule has 2 rings (SSSR count). The summed E-state index contributed by atoms with van der Waals surface area (Å²) in [6, 6.07) is 1.14. The lowest BCUT2D eigenvalue weighted by Gasteiger charge is -2.14. The van der Waals surface area contributed by atoms with Crippen molar-refractivity contribution >= 4 is 0 Å². The van der Waals surface area contributed by atoms with Crippen LogP contribution in [0.1, 0.15) is 13.2 Å². The number of halogens is 1. The number of hydrogen-bond acceptors (Lipinski definition) is 3. The third-order valence-corrected chi connectivity index (χ3v) is 2.66. The molecule has 0 aliphatic carbocycles. The zero-order chi connectivity index (χ0) is 11.9. The molecule has 0 amide bonds. The van der Waals surface area contributed by atoms with Gasteiger partial charge in [0.25, 0.3) is 5.56 Å². The highest BCUT2D eigenvalue weighted by molar-refractivity contribution is 5.02. The summed E-state index contributed by atoms with van der Waals surface area (Å²) in [7, 11) is 0. The largest absolute Gasteiger partial charge is 0.471 e. The van der Waals surface area contributed by atoms with E-state index in [1.807, 2.05) is 4.98 Å². The van der Waals surface area contributed by atoms with Crippen molar-refractivity contribution in [2.45, 2.75) is 19.3 Å². The normalized spacial score (nSPS) is 29.1.